The summed E-state index contributed by atoms with van der Waals surface area (Å²) >= 11 is 5.65. The molecule has 0 spiro atoms. The molecule has 1 atom stereocenters. The van der Waals surface area contributed by atoms with Crippen LogP contribution in [-0.2, 0) is 0 Å². The van der Waals surface area contributed by atoms with Gasteiger partial charge >= 0.3 is 0 Å². The van der Waals surface area contributed by atoms with E-state index in [1.54, 1.807) is 12.1 Å². The third kappa shape index (κ3) is 4.77. The van der Waals surface area contributed by atoms with Crippen LogP contribution in [0.5, 0.6) is 0 Å². The number of rotatable bonds is 8. The highest BCUT2D eigenvalue weighted by Crippen LogP contribution is 2.23. The third-order valence-corrected chi connectivity index (χ3v) is 3.25. The van der Waals surface area contributed by atoms with Gasteiger partial charge in [0.2, 0.25) is 0 Å². The standard InChI is InChI=1S/C14H20ClFN2/c1-2-3-4-5-6-7-14(18-17)11-8-9-12(15)13(16)10-11/h2,8-10,14,18H,1,3-7,17H2. The number of benzene rings is 1. The summed E-state index contributed by atoms with van der Waals surface area (Å²) < 4.78 is 13.4. The average molecular weight is 271 g/mol. The van der Waals surface area contributed by atoms with Crippen LogP contribution in [0.1, 0.15) is 43.7 Å². The van der Waals surface area contributed by atoms with E-state index in [-0.39, 0.29) is 11.1 Å². The summed E-state index contributed by atoms with van der Waals surface area (Å²) in [5.74, 6) is 5.11. The molecule has 0 saturated heterocycles. The number of halogens is 2. The largest absolute Gasteiger partial charge is 0.271 e. The zero-order valence-corrected chi connectivity index (χ0v) is 11.2. The highest BCUT2D eigenvalue weighted by Gasteiger charge is 2.11. The van der Waals surface area contributed by atoms with Gasteiger partial charge in [0, 0.05) is 6.04 Å². The van der Waals surface area contributed by atoms with E-state index in [0.717, 1.165) is 37.7 Å². The Bertz CT molecular complexity index is 382. The zero-order valence-electron chi connectivity index (χ0n) is 10.5. The van der Waals surface area contributed by atoms with Crippen molar-refractivity contribution in [2.24, 2.45) is 5.84 Å². The van der Waals surface area contributed by atoms with Crippen LogP contribution in [0.3, 0.4) is 0 Å². The quantitative estimate of drug-likeness (QED) is 0.323. The van der Waals surface area contributed by atoms with Crippen LogP contribution >= 0.6 is 11.6 Å². The minimum absolute atomic E-state index is 0.0273. The zero-order chi connectivity index (χ0) is 13.4. The Morgan fingerprint density at radius 3 is 2.78 bits per heavy atom. The first-order chi connectivity index (χ1) is 8.69. The molecule has 0 saturated carbocycles. The Hall–Kier alpha value is -0.900. The number of hydrogen-bond donors (Lipinski definition) is 2. The van der Waals surface area contributed by atoms with Crippen LogP contribution in [0.2, 0.25) is 5.02 Å². The molecule has 100 valence electrons. The Balaban J connectivity index is 2.49. The third-order valence-electron chi connectivity index (χ3n) is 2.95. The van der Waals surface area contributed by atoms with E-state index >= 15 is 0 Å². The van der Waals surface area contributed by atoms with Crippen molar-refractivity contribution in [2.75, 3.05) is 0 Å². The smallest absolute Gasteiger partial charge is 0.142 e. The van der Waals surface area contributed by atoms with E-state index in [1.807, 2.05) is 6.08 Å². The molecule has 4 heteroatoms. The van der Waals surface area contributed by atoms with Crippen molar-refractivity contribution in [3.8, 4) is 0 Å². The summed E-state index contributed by atoms with van der Waals surface area (Å²) in [7, 11) is 0. The average Bonchev–Trinajstić information content (AvgIpc) is 2.37. The first kappa shape index (κ1) is 15.2. The molecule has 1 rings (SSSR count). The molecule has 1 aromatic carbocycles. The predicted molar refractivity (Wildman–Crippen MR) is 74.8 cm³/mol. The van der Waals surface area contributed by atoms with Crippen LogP contribution in [0.4, 0.5) is 4.39 Å². The monoisotopic (exact) mass is 270 g/mol. The molecule has 0 amide bonds. The Labute approximate surface area is 113 Å². The normalized spacial score (nSPS) is 12.4. The van der Waals surface area contributed by atoms with Gasteiger partial charge in [-0.3, -0.25) is 11.3 Å². The topological polar surface area (TPSA) is 38.0 Å². The van der Waals surface area contributed by atoms with Crippen molar-refractivity contribution in [2.45, 2.75) is 38.1 Å². The molecule has 0 aliphatic heterocycles. The molecular weight excluding hydrogens is 251 g/mol. The molecule has 0 radical (unpaired) electrons. The second-order valence-corrected chi connectivity index (χ2v) is 4.73. The van der Waals surface area contributed by atoms with Crippen LogP contribution < -0.4 is 11.3 Å². The molecule has 2 nitrogen and oxygen atoms in total. The Kier molecular flexibility index (Phi) is 6.94. The van der Waals surface area contributed by atoms with E-state index in [9.17, 15) is 4.39 Å². The van der Waals surface area contributed by atoms with Crippen LogP contribution in [0.15, 0.2) is 30.9 Å². The highest BCUT2D eigenvalue weighted by atomic mass is 35.5. The Morgan fingerprint density at radius 2 is 2.17 bits per heavy atom. The van der Waals surface area contributed by atoms with Gasteiger partial charge < -0.3 is 0 Å². The first-order valence-electron chi connectivity index (χ1n) is 6.21. The number of nitrogens with two attached hydrogens (primary N) is 1. The van der Waals surface area contributed by atoms with Crippen molar-refractivity contribution in [1.82, 2.24) is 5.43 Å². The summed E-state index contributed by atoms with van der Waals surface area (Å²) in [5.41, 5.74) is 3.56. The second-order valence-electron chi connectivity index (χ2n) is 4.32. The predicted octanol–water partition coefficient (Wildman–Crippen LogP) is 4.12. The minimum Gasteiger partial charge on any atom is -0.271 e. The van der Waals surface area contributed by atoms with Gasteiger partial charge in [0.15, 0.2) is 0 Å². The lowest BCUT2D eigenvalue weighted by Gasteiger charge is -2.16. The summed E-state index contributed by atoms with van der Waals surface area (Å²) in [6.45, 7) is 3.69. The summed E-state index contributed by atoms with van der Waals surface area (Å²) in [6.07, 6.45) is 7.15. The lowest BCUT2D eigenvalue weighted by molar-refractivity contribution is 0.481. The molecule has 0 bridgehead atoms. The van der Waals surface area contributed by atoms with Gasteiger partial charge in [0.1, 0.15) is 5.82 Å². The van der Waals surface area contributed by atoms with Gasteiger partial charge in [-0.25, -0.2) is 4.39 Å². The second kappa shape index (κ2) is 8.25. The fraction of sp³-hybridized carbons (Fsp3) is 0.429. The van der Waals surface area contributed by atoms with E-state index in [1.165, 1.54) is 6.07 Å². The molecule has 1 unspecified atom stereocenters. The Morgan fingerprint density at radius 1 is 1.39 bits per heavy atom. The molecule has 1 aromatic rings. The minimum atomic E-state index is -0.402. The van der Waals surface area contributed by atoms with Crippen LogP contribution in [0.25, 0.3) is 0 Å². The number of nitrogens with one attached hydrogen (secondary N) is 1. The van der Waals surface area contributed by atoms with Crippen LogP contribution in [0, 0.1) is 5.82 Å². The van der Waals surface area contributed by atoms with Gasteiger partial charge in [-0.05, 0) is 37.0 Å². The fourth-order valence-corrected chi connectivity index (χ4v) is 2.01. The van der Waals surface area contributed by atoms with Crippen molar-refractivity contribution >= 4 is 11.6 Å². The first-order valence-corrected chi connectivity index (χ1v) is 6.58. The molecule has 18 heavy (non-hydrogen) atoms. The maximum absolute atomic E-state index is 13.4. The number of hydrazine groups is 1. The summed E-state index contributed by atoms with van der Waals surface area (Å²) in [4.78, 5) is 0. The van der Waals surface area contributed by atoms with E-state index in [2.05, 4.69) is 12.0 Å². The van der Waals surface area contributed by atoms with E-state index in [0.29, 0.717) is 0 Å². The van der Waals surface area contributed by atoms with E-state index in [4.69, 9.17) is 17.4 Å². The SMILES string of the molecule is C=CCCCCCC(NN)c1ccc(Cl)c(F)c1. The maximum Gasteiger partial charge on any atom is 0.142 e. The van der Waals surface area contributed by atoms with Crippen molar-refractivity contribution in [1.29, 1.82) is 0 Å². The van der Waals surface area contributed by atoms with Gasteiger partial charge in [0.05, 0.1) is 5.02 Å². The van der Waals surface area contributed by atoms with Gasteiger partial charge in [-0.2, -0.15) is 0 Å². The van der Waals surface area contributed by atoms with Crippen molar-refractivity contribution in [3.05, 3.63) is 47.3 Å². The molecule has 0 aromatic heterocycles. The number of unbranched alkanes of at least 4 members (excludes halogenated alkanes) is 3. The lowest BCUT2D eigenvalue weighted by atomic mass is 10.0. The van der Waals surface area contributed by atoms with Gasteiger partial charge in [-0.15, -0.1) is 6.58 Å². The molecule has 0 heterocycles. The van der Waals surface area contributed by atoms with Crippen LogP contribution in [-0.4, -0.2) is 0 Å². The number of hydrogen-bond acceptors (Lipinski definition) is 2. The van der Waals surface area contributed by atoms with Gasteiger partial charge in [-0.1, -0.05) is 36.6 Å². The molecule has 0 fully saturated rings. The maximum atomic E-state index is 13.4. The van der Waals surface area contributed by atoms with Crippen molar-refractivity contribution in [3.63, 3.8) is 0 Å². The summed E-state index contributed by atoms with van der Waals surface area (Å²) in [6, 6.07) is 4.78. The molecule has 3 N–H and O–H groups in total. The highest BCUT2D eigenvalue weighted by molar-refractivity contribution is 6.30. The van der Waals surface area contributed by atoms with Crippen molar-refractivity contribution < 1.29 is 4.39 Å². The molecular formula is C14H20ClFN2. The number of allylic oxidation sites excluding steroid dienone is 1. The van der Waals surface area contributed by atoms with E-state index < -0.39 is 5.82 Å². The molecule has 0 aliphatic carbocycles. The molecule has 0 aliphatic rings. The fourth-order valence-electron chi connectivity index (χ4n) is 1.89. The lowest BCUT2D eigenvalue weighted by Crippen LogP contribution is -2.28. The van der Waals surface area contributed by atoms with Gasteiger partial charge in [0.25, 0.3) is 0 Å². The summed E-state index contributed by atoms with van der Waals surface area (Å²) in [5, 5.41) is 0.139.